The van der Waals surface area contributed by atoms with E-state index < -0.39 is 0 Å². The highest BCUT2D eigenvalue weighted by Gasteiger charge is 2.34. The standard InChI is InChI=1S/C14H19NO2/c1-16-13-6-4-9-10-7-8-15-12(10)5-3-11(9)14(13)17-2/h4,6,10,12,15H,3,5,7-8H2,1-2H3/t10-,12-/m0/s1. The van der Waals surface area contributed by atoms with Crippen LogP contribution in [-0.2, 0) is 6.42 Å². The van der Waals surface area contributed by atoms with Gasteiger partial charge < -0.3 is 14.8 Å². The summed E-state index contributed by atoms with van der Waals surface area (Å²) in [6.07, 6.45) is 3.54. The average molecular weight is 233 g/mol. The van der Waals surface area contributed by atoms with Crippen LogP contribution in [0.5, 0.6) is 11.5 Å². The topological polar surface area (TPSA) is 30.5 Å². The van der Waals surface area contributed by atoms with Crippen LogP contribution in [0.4, 0.5) is 0 Å². The van der Waals surface area contributed by atoms with E-state index in [0.29, 0.717) is 12.0 Å². The van der Waals surface area contributed by atoms with E-state index in [1.807, 2.05) is 6.07 Å². The lowest BCUT2D eigenvalue weighted by Gasteiger charge is -2.29. The largest absolute Gasteiger partial charge is 0.493 e. The third-order valence-electron chi connectivity index (χ3n) is 4.14. The molecule has 0 spiro atoms. The quantitative estimate of drug-likeness (QED) is 0.848. The number of fused-ring (bicyclic) bond motifs is 3. The number of ether oxygens (including phenoxy) is 2. The molecule has 0 aromatic heterocycles. The first-order chi connectivity index (χ1) is 8.35. The summed E-state index contributed by atoms with van der Waals surface area (Å²) < 4.78 is 10.9. The van der Waals surface area contributed by atoms with Crippen molar-refractivity contribution in [2.75, 3.05) is 20.8 Å². The van der Waals surface area contributed by atoms with E-state index in [0.717, 1.165) is 24.5 Å². The molecule has 1 heterocycles. The van der Waals surface area contributed by atoms with Crippen LogP contribution in [0.3, 0.4) is 0 Å². The van der Waals surface area contributed by atoms with E-state index in [1.165, 1.54) is 24.0 Å². The fraction of sp³-hybridized carbons (Fsp3) is 0.571. The predicted octanol–water partition coefficient (Wildman–Crippen LogP) is 2.10. The Morgan fingerprint density at radius 2 is 2.06 bits per heavy atom. The molecule has 92 valence electrons. The summed E-state index contributed by atoms with van der Waals surface area (Å²) in [6.45, 7) is 1.14. The molecule has 2 aliphatic rings. The number of rotatable bonds is 2. The van der Waals surface area contributed by atoms with Gasteiger partial charge in [0, 0.05) is 17.5 Å². The number of nitrogens with one attached hydrogen (secondary N) is 1. The zero-order chi connectivity index (χ0) is 11.8. The molecule has 2 atom stereocenters. The summed E-state index contributed by atoms with van der Waals surface area (Å²) >= 11 is 0. The van der Waals surface area contributed by atoms with Gasteiger partial charge in [0.15, 0.2) is 11.5 Å². The molecule has 0 unspecified atom stereocenters. The minimum Gasteiger partial charge on any atom is -0.493 e. The van der Waals surface area contributed by atoms with Crippen molar-refractivity contribution in [3.63, 3.8) is 0 Å². The van der Waals surface area contributed by atoms with Crippen LogP contribution in [-0.4, -0.2) is 26.8 Å². The monoisotopic (exact) mass is 233 g/mol. The third-order valence-corrected chi connectivity index (χ3v) is 4.14. The molecule has 1 fully saturated rings. The molecule has 0 saturated carbocycles. The molecule has 1 aromatic carbocycles. The Balaban J connectivity index is 2.09. The summed E-state index contributed by atoms with van der Waals surface area (Å²) in [4.78, 5) is 0. The van der Waals surface area contributed by atoms with E-state index >= 15 is 0 Å². The maximum atomic E-state index is 5.54. The highest BCUT2D eigenvalue weighted by atomic mass is 16.5. The first-order valence-corrected chi connectivity index (χ1v) is 6.32. The molecule has 0 bridgehead atoms. The van der Waals surface area contributed by atoms with E-state index in [2.05, 4.69) is 11.4 Å². The summed E-state index contributed by atoms with van der Waals surface area (Å²) in [7, 11) is 3.43. The van der Waals surface area contributed by atoms with Gasteiger partial charge in [0.25, 0.3) is 0 Å². The molecule has 17 heavy (non-hydrogen) atoms. The first kappa shape index (κ1) is 10.9. The molecular formula is C14H19NO2. The SMILES string of the molecule is COc1ccc2c(c1OC)CC[C@@H]1NCC[C@@H]21. The Bertz CT molecular complexity index is 430. The van der Waals surface area contributed by atoms with Crippen LogP contribution in [0.15, 0.2) is 12.1 Å². The van der Waals surface area contributed by atoms with Crippen LogP contribution in [0, 0.1) is 0 Å². The predicted molar refractivity (Wildman–Crippen MR) is 67.0 cm³/mol. The van der Waals surface area contributed by atoms with Crippen LogP contribution in [0.2, 0.25) is 0 Å². The van der Waals surface area contributed by atoms with Gasteiger partial charge in [-0.2, -0.15) is 0 Å². The van der Waals surface area contributed by atoms with Crippen LogP contribution in [0.25, 0.3) is 0 Å². The number of hydrogen-bond donors (Lipinski definition) is 1. The van der Waals surface area contributed by atoms with E-state index in [9.17, 15) is 0 Å². The van der Waals surface area contributed by atoms with Crippen molar-refractivity contribution in [3.8, 4) is 11.5 Å². The van der Waals surface area contributed by atoms with Gasteiger partial charge in [-0.15, -0.1) is 0 Å². The normalized spacial score (nSPS) is 26.2. The van der Waals surface area contributed by atoms with Gasteiger partial charge in [-0.3, -0.25) is 0 Å². The molecule has 1 aromatic rings. The molecular weight excluding hydrogens is 214 g/mol. The maximum absolute atomic E-state index is 5.54. The van der Waals surface area contributed by atoms with Gasteiger partial charge in [-0.25, -0.2) is 0 Å². The van der Waals surface area contributed by atoms with E-state index in [1.54, 1.807) is 14.2 Å². The van der Waals surface area contributed by atoms with Crippen molar-refractivity contribution in [1.82, 2.24) is 5.32 Å². The van der Waals surface area contributed by atoms with Gasteiger partial charge in [-0.1, -0.05) is 6.07 Å². The van der Waals surface area contributed by atoms with Gasteiger partial charge in [0.05, 0.1) is 14.2 Å². The van der Waals surface area contributed by atoms with E-state index in [-0.39, 0.29) is 0 Å². The lowest BCUT2D eigenvalue weighted by Crippen LogP contribution is -2.30. The average Bonchev–Trinajstić information content (AvgIpc) is 2.85. The Morgan fingerprint density at radius 3 is 2.82 bits per heavy atom. The van der Waals surface area contributed by atoms with Crippen LogP contribution < -0.4 is 14.8 Å². The Kier molecular flexibility index (Phi) is 2.71. The fourth-order valence-electron chi connectivity index (χ4n) is 3.35. The van der Waals surface area contributed by atoms with Gasteiger partial charge in [-0.05, 0) is 37.4 Å². The fourth-order valence-corrected chi connectivity index (χ4v) is 3.35. The number of benzene rings is 1. The highest BCUT2D eigenvalue weighted by molar-refractivity contribution is 5.53. The zero-order valence-corrected chi connectivity index (χ0v) is 10.5. The molecule has 1 aliphatic heterocycles. The molecule has 3 nitrogen and oxygen atoms in total. The lowest BCUT2D eigenvalue weighted by molar-refractivity contribution is 0.346. The van der Waals surface area contributed by atoms with Crippen LogP contribution in [0.1, 0.15) is 29.9 Å². The van der Waals surface area contributed by atoms with Crippen molar-refractivity contribution in [1.29, 1.82) is 0 Å². The van der Waals surface area contributed by atoms with Gasteiger partial charge >= 0.3 is 0 Å². The van der Waals surface area contributed by atoms with Crippen molar-refractivity contribution in [2.24, 2.45) is 0 Å². The van der Waals surface area contributed by atoms with E-state index in [4.69, 9.17) is 9.47 Å². The summed E-state index contributed by atoms with van der Waals surface area (Å²) in [5.74, 6) is 2.46. The van der Waals surface area contributed by atoms with Crippen molar-refractivity contribution >= 4 is 0 Å². The number of hydrogen-bond acceptors (Lipinski definition) is 3. The second kappa shape index (κ2) is 4.22. The Hall–Kier alpha value is -1.22. The minimum absolute atomic E-state index is 0.665. The molecule has 1 N–H and O–H groups in total. The molecule has 0 radical (unpaired) electrons. The van der Waals surface area contributed by atoms with Crippen molar-refractivity contribution < 1.29 is 9.47 Å². The lowest BCUT2D eigenvalue weighted by atomic mass is 9.79. The number of methoxy groups -OCH3 is 2. The molecule has 0 amide bonds. The first-order valence-electron chi connectivity index (χ1n) is 6.32. The van der Waals surface area contributed by atoms with Crippen molar-refractivity contribution in [3.05, 3.63) is 23.3 Å². The molecule has 3 rings (SSSR count). The molecule has 3 heteroatoms. The summed E-state index contributed by atoms with van der Waals surface area (Å²) in [5, 5.41) is 3.59. The van der Waals surface area contributed by atoms with Crippen LogP contribution >= 0.6 is 0 Å². The summed E-state index contributed by atoms with van der Waals surface area (Å²) in [5.41, 5.74) is 2.82. The third kappa shape index (κ3) is 1.61. The van der Waals surface area contributed by atoms with Gasteiger partial charge in [0.1, 0.15) is 0 Å². The second-order valence-electron chi connectivity index (χ2n) is 4.86. The Labute approximate surface area is 102 Å². The molecule has 1 aliphatic carbocycles. The van der Waals surface area contributed by atoms with Gasteiger partial charge in [0.2, 0.25) is 0 Å². The minimum atomic E-state index is 0.665. The summed E-state index contributed by atoms with van der Waals surface area (Å²) in [6, 6.07) is 4.93. The smallest absolute Gasteiger partial charge is 0.164 e. The Morgan fingerprint density at radius 1 is 1.18 bits per heavy atom. The maximum Gasteiger partial charge on any atom is 0.164 e. The van der Waals surface area contributed by atoms with Crippen molar-refractivity contribution in [2.45, 2.75) is 31.2 Å². The highest BCUT2D eigenvalue weighted by Crippen LogP contribution is 2.44. The second-order valence-corrected chi connectivity index (χ2v) is 4.86. The molecule has 1 saturated heterocycles. The zero-order valence-electron chi connectivity index (χ0n) is 10.5.